The number of hydrogen-bond donors (Lipinski definition) is 5. The molecule has 0 aliphatic carbocycles. The molecule has 2 aliphatic rings. The van der Waals surface area contributed by atoms with Crippen molar-refractivity contribution in [2.45, 2.75) is 162 Å². The number of likely N-dealkylation sites (N-methyl/N-ethyl adjacent to an activating group) is 2. The molecular weight excluding hydrogens is 813 g/mol. The molecule has 2 fully saturated rings. The molecule has 0 bridgehead atoms. The molecular formula is C46H74N6O11. The molecule has 5 amide bonds. The van der Waals surface area contributed by atoms with E-state index < -0.39 is 114 Å². The third kappa shape index (κ3) is 14.6. The smallest absolute Gasteiger partial charge is 0.329 e. The second kappa shape index (κ2) is 24.3. The number of aliphatic hydroxyl groups excluding tert-OH is 1. The van der Waals surface area contributed by atoms with Crippen molar-refractivity contribution in [3.8, 4) is 5.75 Å². The van der Waals surface area contributed by atoms with Crippen LogP contribution >= 0.6 is 0 Å². The Kier molecular flexibility index (Phi) is 20.3. The van der Waals surface area contributed by atoms with Crippen LogP contribution in [0, 0.1) is 23.7 Å². The fourth-order valence-corrected chi connectivity index (χ4v) is 8.10. The lowest BCUT2D eigenvalue weighted by molar-refractivity contribution is -0.162. The van der Waals surface area contributed by atoms with Crippen LogP contribution in [-0.2, 0) is 49.5 Å². The van der Waals surface area contributed by atoms with Gasteiger partial charge in [0.15, 0.2) is 6.10 Å². The molecule has 0 aromatic heterocycles. The first-order valence-corrected chi connectivity index (χ1v) is 22.5. The number of cyclic esters (lactones) is 2. The van der Waals surface area contributed by atoms with Gasteiger partial charge in [0.25, 0.3) is 5.91 Å². The molecule has 17 heteroatoms. The van der Waals surface area contributed by atoms with Gasteiger partial charge in [-0.1, -0.05) is 73.9 Å². The molecule has 1 aromatic carbocycles. The number of carbonyl (C=O) groups excluding carboxylic acids is 7. The van der Waals surface area contributed by atoms with Crippen molar-refractivity contribution < 1.29 is 52.9 Å². The number of ether oxygens (including phenoxy) is 3. The Morgan fingerprint density at radius 2 is 1.59 bits per heavy atom. The SMILES string of the molecule is CC[C@H](C)[C@H]1NC(=O)[C@@H](NC(=O)[C@@H](CC(C)C)NC)[C@@H](C)OC(=O)[C@H](Cc2ccc(OC)cc2)N(C)C(=O)[C@@H]2CCCN2C(=O)[C@H](CC(C)C)NC(=O)[C@H](C(C)C)OC(=O)C[C@@H]1O. The van der Waals surface area contributed by atoms with Crippen molar-refractivity contribution in [3.63, 3.8) is 0 Å². The summed E-state index contributed by atoms with van der Waals surface area (Å²) >= 11 is 0. The van der Waals surface area contributed by atoms with Crippen LogP contribution in [0.25, 0.3) is 0 Å². The summed E-state index contributed by atoms with van der Waals surface area (Å²) in [5.74, 6) is -5.17. The van der Waals surface area contributed by atoms with Gasteiger partial charge in [-0.25, -0.2) is 4.79 Å². The van der Waals surface area contributed by atoms with Crippen LogP contribution in [0.15, 0.2) is 24.3 Å². The van der Waals surface area contributed by atoms with Crippen LogP contribution in [0.3, 0.4) is 0 Å². The average Bonchev–Trinajstić information content (AvgIpc) is 3.72. The molecule has 5 N–H and O–H groups in total. The Morgan fingerprint density at radius 1 is 0.937 bits per heavy atom. The van der Waals surface area contributed by atoms with Crippen molar-refractivity contribution in [1.29, 1.82) is 0 Å². The summed E-state index contributed by atoms with van der Waals surface area (Å²) in [7, 11) is 4.60. The first-order chi connectivity index (χ1) is 29.6. The van der Waals surface area contributed by atoms with Gasteiger partial charge in [0.05, 0.1) is 31.7 Å². The molecule has 10 atom stereocenters. The average molecular weight is 887 g/mol. The lowest BCUT2D eigenvalue weighted by atomic mass is 9.92. The summed E-state index contributed by atoms with van der Waals surface area (Å²) in [6, 6.07) is 0.348. The Hall–Kier alpha value is -4.77. The van der Waals surface area contributed by atoms with E-state index in [1.165, 1.54) is 30.9 Å². The van der Waals surface area contributed by atoms with Crippen molar-refractivity contribution in [3.05, 3.63) is 29.8 Å². The maximum Gasteiger partial charge on any atom is 0.329 e. The van der Waals surface area contributed by atoms with Gasteiger partial charge in [0, 0.05) is 20.0 Å². The molecule has 0 unspecified atom stereocenters. The van der Waals surface area contributed by atoms with Crippen molar-refractivity contribution in [2.75, 3.05) is 27.7 Å². The summed E-state index contributed by atoms with van der Waals surface area (Å²) in [6.07, 6.45) is -2.90. The highest BCUT2D eigenvalue weighted by atomic mass is 16.6. The highest BCUT2D eigenvalue weighted by molar-refractivity contribution is 5.95. The number of nitrogens with one attached hydrogen (secondary N) is 4. The largest absolute Gasteiger partial charge is 0.497 e. The predicted octanol–water partition coefficient (Wildman–Crippen LogP) is 2.50. The van der Waals surface area contributed by atoms with Crippen molar-refractivity contribution >= 4 is 41.5 Å². The molecule has 0 saturated carbocycles. The fraction of sp³-hybridized carbons (Fsp3) is 0.717. The molecule has 354 valence electrons. The summed E-state index contributed by atoms with van der Waals surface area (Å²) in [6.45, 7) is 16.3. The molecule has 2 saturated heterocycles. The monoisotopic (exact) mass is 887 g/mol. The fourth-order valence-electron chi connectivity index (χ4n) is 8.10. The number of nitrogens with zero attached hydrogens (tertiary/aromatic N) is 2. The Morgan fingerprint density at radius 3 is 2.14 bits per heavy atom. The first kappa shape index (κ1) is 52.6. The Bertz CT molecular complexity index is 1720. The van der Waals surface area contributed by atoms with Crippen LogP contribution < -0.4 is 26.0 Å². The first-order valence-electron chi connectivity index (χ1n) is 22.5. The molecule has 2 aliphatic heterocycles. The molecule has 3 rings (SSSR count). The Labute approximate surface area is 373 Å². The predicted molar refractivity (Wildman–Crippen MR) is 236 cm³/mol. The highest BCUT2D eigenvalue weighted by Crippen LogP contribution is 2.25. The van der Waals surface area contributed by atoms with Crippen LogP contribution in [0.2, 0.25) is 0 Å². The van der Waals surface area contributed by atoms with Gasteiger partial charge in [0.2, 0.25) is 23.6 Å². The molecule has 0 spiro atoms. The van der Waals surface area contributed by atoms with E-state index in [-0.39, 0.29) is 31.2 Å². The minimum atomic E-state index is -1.50. The number of carbonyl (C=O) groups is 7. The van der Waals surface area contributed by atoms with Gasteiger partial charge in [-0.3, -0.25) is 28.8 Å². The molecule has 17 nitrogen and oxygen atoms in total. The lowest BCUT2D eigenvalue weighted by Crippen LogP contribution is -2.61. The third-order valence-corrected chi connectivity index (χ3v) is 12.0. The van der Waals surface area contributed by atoms with Gasteiger partial charge in [0.1, 0.15) is 36.0 Å². The van der Waals surface area contributed by atoms with Crippen LogP contribution in [-0.4, -0.2) is 139 Å². The molecule has 1 aromatic rings. The van der Waals surface area contributed by atoms with E-state index >= 15 is 0 Å². The summed E-state index contributed by atoms with van der Waals surface area (Å²) < 4.78 is 17.1. The zero-order valence-corrected chi connectivity index (χ0v) is 39.4. The normalized spacial score (nSPS) is 27.2. The highest BCUT2D eigenvalue weighted by Gasteiger charge is 2.44. The van der Waals surface area contributed by atoms with E-state index in [0.717, 1.165) is 0 Å². The van der Waals surface area contributed by atoms with Gasteiger partial charge >= 0.3 is 11.9 Å². The van der Waals surface area contributed by atoms with Crippen LogP contribution in [0.4, 0.5) is 0 Å². The van der Waals surface area contributed by atoms with Crippen molar-refractivity contribution in [1.82, 2.24) is 31.1 Å². The van der Waals surface area contributed by atoms with E-state index in [0.29, 0.717) is 37.0 Å². The van der Waals surface area contributed by atoms with Crippen molar-refractivity contribution in [2.24, 2.45) is 23.7 Å². The van der Waals surface area contributed by atoms with E-state index in [1.807, 2.05) is 34.6 Å². The number of rotatable bonds is 13. The number of methoxy groups -OCH3 is 1. The number of benzene rings is 1. The van der Waals surface area contributed by atoms with E-state index in [2.05, 4.69) is 21.3 Å². The number of aliphatic hydroxyl groups is 1. The quantitative estimate of drug-likeness (QED) is 0.181. The van der Waals surface area contributed by atoms with Crippen LogP contribution in [0.5, 0.6) is 5.75 Å². The van der Waals surface area contributed by atoms with E-state index in [4.69, 9.17) is 14.2 Å². The topological polar surface area (TPSA) is 222 Å². The van der Waals surface area contributed by atoms with Gasteiger partial charge in [-0.2, -0.15) is 0 Å². The number of fused-ring (bicyclic) bond motifs is 1. The van der Waals surface area contributed by atoms with Gasteiger partial charge in [-0.05, 0) is 81.0 Å². The zero-order valence-electron chi connectivity index (χ0n) is 39.4. The minimum absolute atomic E-state index is 0.0170. The van der Waals surface area contributed by atoms with Crippen LogP contribution in [0.1, 0.15) is 106 Å². The zero-order chi connectivity index (χ0) is 47.3. The van der Waals surface area contributed by atoms with E-state index in [9.17, 15) is 38.7 Å². The standard InChI is InChI=1S/C46H74N6O11/c1-13-28(8)38-36(53)24-37(54)63-40(27(6)7)43(57)48-33(22-26(4)5)44(58)52-20-14-15-34(52)45(59)51(11)35(23-30-16-18-31(61-12)19-17-30)46(60)62-29(9)39(42(56)49-38)50-41(55)32(47-10)21-25(2)3/h16-19,25-29,32-36,38-40,47,53H,13-15,20-24H2,1-12H3,(H,48,57)(H,49,56)(H,50,55)/t28-,29+,32+,33-,34-,35-,36-,38+,39-,40-/m0/s1. The minimum Gasteiger partial charge on any atom is -0.497 e. The molecule has 63 heavy (non-hydrogen) atoms. The number of amides is 5. The van der Waals surface area contributed by atoms with Gasteiger partial charge in [-0.15, -0.1) is 0 Å². The summed E-state index contributed by atoms with van der Waals surface area (Å²) in [5, 5.41) is 22.9. The summed E-state index contributed by atoms with van der Waals surface area (Å²) in [4.78, 5) is 102. The maximum atomic E-state index is 14.6. The number of hydrogen-bond acceptors (Lipinski definition) is 12. The summed E-state index contributed by atoms with van der Waals surface area (Å²) in [5.41, 5.74) is 0.657. The molecule has 2 heterocycles. The second-order valence-corrected chi connectivity index (χ2v) is 18.3. The third-order valence-electron chi connectivity index (χ3n) is 12.0. The Balaban J connectivity index is 2.21. The second-order valence-electron chi connectivity index (χ2n) is 18.3. The van der Waals surface area contributed by atoms with E-state index in [1.54, 1.807) is 52.1 Å². The number of esters is 2. The molecule has 0 radical (unpaired) electrons. The maximum absolute atomic E-state index is 14.6. The lowest BCUT2D eigenvalue weighted by Gasteiger charge is -2.35. The van der Waals surface area contributed by atoms with Gasteiger partial charge < -0.3 is 50.4 Å².